The molecule has 1 atom stereocenters. The number of halogens is 1. The molecule has 2 N–H and O–H groups in total. The summed E-state index contributed by atoms with van der Waals surface area (Å²) >= 11 is 6.31. The minimum absolute atomic E-state index is 0.0532. The Bertz CT molecular complexity index is 1130. The van der Waals surface area contributed by atoms with E-state index in [1.54, 1.807) is 24.3 Å². The fourth-order valence-corrected chi connectivity index (χ4v) is 4.42. The summed E-state index contributed by atoms with van der Waals surface area (Å²) in [7, 11) is 1.41. The van der Waals surface area contributed by atoms with Crippen molar-refractivity contribution >= 4 is 29.1 Å². The van der Waals surface area contributed by atoms with E-state index in [9.17, 15) is 19.8 Å². The van der Waals surface area contributed by atoms with Crippen LogP contribution in [-0.2, 0) is 9.59 Å². The molecule has 0 saturated carbocycles. The number of phenols is 1. The van der Waals surface area contributed by atoms with Gasteiger partial charge in [-0.2, -0.15) is 0 Å². The van der Waals surface area contributed by atoms with Crippen LogP contribution in [-0.4, -0.2) is 71.6 Å². The van der Waals surface area contributed by atoms with Gasteiger partial charge in [0, 0.05) is 18.7 Å². The number of carbonyl (C=O) groups excluding carboxylic acids is 2. The summed E-state index contributed by atoms with van der Waals surface area (Å²) in [6, 6.07) is 8.43. The van der Waals surface area contributed by atoms with Crippen molar-refractivity contribution in [1.29, 1.82) is 0 Å². The number of carbonyl (C=O) groups is 2. The highest BCUT2D eigenvalue weighted by Crippen LogP contribution is 2.42. The number of rotatable bonds is 10. The molecule has 2 aromatic carbocycles. The third-order valence-corrected chi connectivity index (χ3v) is 6.41. The number of likely N-dealkylation sites (tertiary alicyclic amines) is 1. The number of amides is 1. The van der Waals surface area contributed by atoms with Crippen molar-refractivity contribution in [3.8, 4) is 17.2 Å². The van der Waals surface area contributed by atoms with Crippen LogP contribution in [0.1, 0.15) is 37.9 Å². The zero-order valence-corrected chi connectivity index (χ0v) is 21.1. The summed E-state index contributed by atoms with van der Waals surface area (Å²) in [4.78, 5) is 29.9. The molecule has 8 nitrogen and oxygen atoms in total. The summed E-state index contributed by atoms with van der Waals surface area (Å²) in [5, 5.41) is 21.6. The summed E-state index contributed by atoms with van der Waals surface area (Å²) < 4.78 is 10.7. The molecule has 1 aliphatic rings. The lowest BCUT2D eigenvalue weighted by Crippen LogP contribution is -2.38. The first kappa shape index (κ1) is 26.4. The number of likely N-dealkylation sites (N-methyl/N-ethyl adjacent to an activating group) is 1. The summed E-state index contributed by atoms with van der Waals surface area (Å²) in [5.74, 6) is -1.26. The average Bonchev–Trinajstić information content (AvgIpc) is 3.11. The first-order valence-electron chi connectivity index (χ1n) is 11.6. The Morgan fingerprint density at radius 2 is 1.80 bits per heavy atom. The van der Waals surface area contributed by atoms with E-state index in [4.69, 9.17) is 21.1 Å². The van der Waals surface area contributed by atoms with Crippen LogP contribution < -0.4 is 9.47 Å². The third-order valence-electron chi connectivity index (χ3n) is 6.12. The second-order valence-electron chi connectivity index (χ2n) is 8.03. The van der Waals surface area contributed by atoms with Crippen LogP contribution in [0.5, 0.6) is 17.2 Å². The zero-order valence-electron chi connectivity index (χ0n) is 20.4. The molecule has 1 heterocycles. The minimum atomic E-state index is -0.870. The number of aliphatic hydroxyl groups excluding tert-OH is 1. The number of aliphatic hydroxyl groups is 1. The SMILES string of the molecule is CCOc1ccc(/C(O)=C2/C(=O)C(=O)N(CCN(CC)CC)C2c2ccc(O)c(OC)c2)cc1Cl. The fourth-order valence-electron chi connectivity index (χ4n) is 4.19. The first-order valence-corrected chi connectivity index (χ1v) is 11.9. The number of hydrogen-bond donors (Lipinski definition) is 2. The van der Waals surface area contributed by atoms with Crippen molar-refractivity contribution in [2.75, 3.05) is 39.9 Å². The standard InChI is InChI=1S/C26H31ClN2O6/c1-5-28(6-2)12-13-29-23(16-8-10-19(30)21(15-16)34-4)22(25(32)26(29)33)24(31)17-9-11-20(35-7-3)18(27)14-17/h8-11,14-15,23,30-31H,5-7,12-13H2,1-4H3/b24-22-. The van der Waals surface area contributed by atoms with Gasteiger partial charge in [0.2, 0.25) is 0 Å². The molecule has 188 valence electrons. The molecule has 1 unspecified atom stereocenters. The highest BCUT2D eigenvalue weighted by molar-refractivity contribution is 6.46. The average molecular weight is 503 g/mol. The Morgan fingerprint density at radius 3 is 2.40 bits per heavy atom. The number of phenolic OH excluding ortho intramolecular Hbond substituents is 1. The fraction of sp³-hybridized carbons (Fsp3) is 0.385. The van der Waals surface area contributed by atoms with Crippen molar-refractivity contribution in [2.24, 2.45) is 0 Å². The zero-order chi connectivity index (χ0) is 25.7. The van der Waals surface area contributed by atoms with Gasteiger partial charge in [-0.1, -0.05) is 31.5 Å². The Kier molecular flexibility index (Phi) is 8.64. The largest absolute Gasteiger partial charge is 0.507 e. The van der Waals surface area contributed by atoms with E-state index in [0.717, 1.165) is 13.1 Å². The van der Waals surface area contributed by atoms with Crippen molar-refractivity contribution in [1.82, 2.24) is 9.80 Å². The van der Waals surface area contributed by atoms with Gasteiger partial charge in [-0.15, -0.1) is 0 Å². The molecule has 9 heteroatoms. The number of ether oxygens (including phenoxy) is 2. The minimum Gasteiger partial charge on any atom is -0.507 e. The van der Waals surface area contributed by atoms with Crippen molar-refractivity contribution in [2.45, 2.75) is 26.8 Å². The first-order chi connectivity index (χ1) is 16.8. The van der Waals surface area contributed by atoms with E-state index >= 15 is 0 Å². The molecule has 35 heavy (non-hydrogen) atoms. The maximum atomic E-state index is 13.2. The number of hydrogen-bond acceptors (Lipinski definition) is 7. The lowest BCUT2D eigenvalue weighted by Gasteiger charge is -2.28. The van der Waals surface area contributed by atoms with Crippen LogP contribution in [0.25, 0.3) is 5.76 Å². The molecule has 0 radical (unpaired) electrons. The molecule has 3 rings (SSSR count). The number of methoxy groups -OCH3 is 1. The normalized spacial score (nSPS) is 17.3. The molecule has 1 saturated heterocycles. The van der Waals surface area contributed by atoms with Gasteiger partial charge in [-0.3, -0.25) is 9.59 Å². The monoisotopic (exact) mass is 502 g/mol. The van der Waals surface area contributed by atoms with Crippen molar-refractivity contribution < 1.29 is 29.3 Å². The van der Waals surface area contributed by atoms with E-state index in [1.165, 1.54) is 24.1 Å². The Morgan fingerprint density at radius 1 is 1.09 bits per heavy atom. The number of nitrogens with zero attached hydrogens (tertiary/aromatic N) is 2. The Hall–Kier alpha value is -3.23. The molecule has 1 aliphatic heterocycles. The van der Waals surface area contributed by atoms with E-state index in [-0.39, 0.29) is 40.0 Å². The molecule has 1 amide bonds. The molecule has 0 aromatic heterocycles. The molecular formula is C26H31ClN2O6. The predicted molar refractivity (Wildman–Crippen MR) is 134 cm³/mol. The van der Waals surface area contributed by atoms with Gasteiger partial charge in [-0.05, 0) is 55.9 Å². The molecular weight excluding hydrogens is 472 g/mol. The van der Waals surface area contributed by atoms with Gasteiger partial charge < -0.3 is 29.5 Å². The van der Waals surface area contributed by atoms with Crippen LogP contribution in [0.15, 0.2) is 42.0 Å². The summed E-state index contributed by atoms with van der Waals surface area (Å²) in [5.41, 5.74) is 0.760. The van der Waals surface area contributed by atoms with Crippen LogP contribution in [0, 0.1) is 0 Å². The number of benzene rings is 2. The molecule has 1 fully saturated rings. The van der Waals surface area contributed by atoms with Gasteiger partial charge in [0.25, 0.3) is 11.7 Å². The number of aromatic hydroxyl groups is 1. The van der Waals surface area contributed by atoms with Gasteiger partial charge in [-0.25, -0.2) is 0 Å². The summed E-state index contributed by atoms with van der Waals surface area (Å²) in [6.45, 7) is 8.72. The van der Waals surface area contributed by atoms with Crippen LogP contribution in [0.3, 0.4) is 0 Å². The van der Waals surface area contributed by atoms with Crippen LogP contribution >= 0.6 is 11.6 Å². The lowest BCUT2D eigenvalue weighted by atomic mass is 9.95. The number of ketones is 1. The second kappa shape index (κ2) is 11.5. The molecule has 0 aliphatic carbocycles. The molecule has 0 bridgehead atoms. The van der Waals surface area contributed by atoms with E-state index in [2.05, 4.69) is 4.90 Å². The maximum Gasteiger partial charge on any atom is 0.295 e. The molecule has 2 aromatic rings. The van der Waals surface area contributed by atoms with Crippen LogP contribution in [0.2, 0.25) is 5.02 Å². The molecule has 0 spiro atoms. The second-order valence-corrected chi connectivity index (χ2v) is 8.44. The lowest BCUT2D eigenvalue weighted by molar-refractivity contribution is -0.140. The van der Waals surface area contributed by atoms with Gasteiger partial charge >= 0.3 is 0 Å². The van der Waals surface area contributed by atoms with E-state index < -0.39 is 17.7 Å². The quantitative estimate of drug-likeness (QED) is 0.285. The van der Waals surface area contributed by atoms with Gasteiger partial charge in [0.05, 0.1) is 30.4 Å². The Labute approximate surface area is 210 Å². The van der Waals surface area contributed by atoms with E-state index in [1.807, 2.05) is 20.8 Å². The van der Waals surface area contributed by atoms with Gasteiger partial charge in [0.15, 0.2) is 11.5 Å². The van der Waals surface area contributed by atoms with Crippen molar-refractivity contribution in [3.05, 3.63) is 58.1 Å². The third kappa shape index (κ3) is 5.39. The highest BCUT2D eigenvalue weighted by Gasteiger charge is 2.46. The van der Waals surface area contributed by atoms with Crippen LogP contribution in [0.4, 0.5) is 0 Å². The topological polar surface area (TPSA) is 99.5 Å². The highest BCUT2D eigenvalue weighted by atomic mass is 35.5. The number of Topliss-reactive ketones (excluding diaryl/α,β-unsaturated/α-hetero) is 1. The maximum absolute atomic E-state index is 13.2. The van der Waals surface area contributed by atoms with E-state index in [0.29, 0.717) is 24.5 Å². The summed E-state index contributed by atoms with van der Waals surface area (Å²) in [6.07, 6.45) is 0. The smallest absolute Gasteiger partial charge is 0.295 e. The van der Waals surface area contributed by atoms with Crippen molar-refractivity contribution in [3.63, 3.8) is 0 Å². The Balaban J connectivity index is 2.14. The van der Waals surface area contributed by atoms with Gasteiger partial charge in [0.1, 0.15) is 11.5 Å². The predicted octanol–water partition coefficient (Wildman–Crippen LogP) is 4.22.